The number of benzene rings is 2. The van der Waals surface area contributed by atoms with E-state index in [1.165, 1.54) is 21.6 Å². The summed E-state index contributed by atoms with van der Waals surface area (Å²) in [4.78, 5) is 1.27. The molecule has 0 bridgehead atoms. The number of aliphatic hydroxyl groups excluding tert-OH is 1. The smallest absolute Gasteiger partial charge is 0.119 e. The number of aryl methyl sites for hydroxylation is 1. The second-order valence-corrected chi connectivity index (χ2v) is 7.64. The molecule has 2 aromatic rings. The topological polar surface area (TPSA) is 45.1 Å². The molecule has 5 heteroatoms. The molecule has 2 unspecified atom stereocenters. The first-order chi connectivity index (χ1) is 12.7. The van der Waals surface area contributed by atoms with Gasteiger partial charge in [-0.25, -0.2) is 0 Å². The minimum atomic E-state index is 0.109. The molecule has 0 radical (unpaired) electrons. The molecule has 1 aliphatic heterocycles. The second kappa shape index (κ2) is 7.33. The number of thioether (sulfide) groups is 1. The number of hydrogen-bond acceptors (Lipinski definition) is 5. The summed E-state index contributed by atoms with van der Waals surface area (Å²) < 4.78 is 5.38. The van der Waals surface area contributed by atoms with Crippen molar-refractivity contribution in [2.45, 2.75) is 23.8 Å². The number of hydrogen-bond donors (Lipinski definition) is 1. The largest absolute Gasteiger partial charge is 0.497 e. The van der Waals surface area contributed by atoms with Gasteiger partial charge in [-0.3, -0.25) is 5.01 Å². The van der Waals surface area contributed by atoms with Gasteiger partial charge in [0.2, 0.25) is 0 Å². The highest BCUT2D eigenvalue weighted by Crippen LogP contribution is 2.43. The van der Waals surface area contributed by atoms with Crippen LogP contribution >= 0.6 is 11.8 Å². The lowest BCUT2D eigenvalue weighted by Gasteiger charge is -2.30. The molecule has 4 rings (SSSR count). The number of hydrazone groups is 1. The highest BCUT2D eigenvalue weighted by Gasteiger charge is 2.41. The Labute approximate surface area is 158 Å². The molecule has 136 valence electrons. The third-order valence-electron chi connectivity index (χ3n) is 5.39. The van der Waals surface area contributed by atoms with E-state index in [1.807, 2.05) is 6.07 Å². The zero-order chi connectivity index (χ0) is 18.1. The summed E-state index contributed by atoms with van der Waals surface area (Å²) in [5, 5.41) is 16.6. The van der Waals surface area contributed by atoms with E-state index < -0.39 is 0 Å². The van der Waals surface area contributed by atoms with Crippen molar-refractivity contribution in [2.24, 2.45) is 11.0 Å². The molecule has 1 N–H and O–H groups in total. The van der Waals surface area contributed by atoms with Gasteiger partial charge in [0, 0.05) is 16.4 Å². The first-order valence-corrected chi connectivity index (χ1v) is 10.2. The van der Waals surface area contributed by atoms with Gasteiger partial charge in [0.1, 0.15) is 5.75 Å². The van der Waals surface area contributed by atoms with Crippen molar-refractivity contribution in [2.75, 3.05) is 26.5 Å². The number of ether oxygens (including phenoxy) is 1. The molecule has 2 aromatic carbocycles. The van der Waals surface area contributed by atoms with Crippen molar-refractivity contribution < 1.29 is 9.84 Å². The molecular formula is C21H24N2O2S. The Kier molecular flexibility index (Phi) is 4.92. The molecule has 0 saturated carbocycles. The lowest BCUT2D eigenvalue weighted by molar-refractivity contribution is 0.152. The van der Waals surface area contributed by atoms with Crippen LogP contribution in [0.5, 0.6) is 5.75 Å². The maximum atomic E-state index is 9.54. The molecule has 1 heterocycles. The number of fused-ring (bicyclic) bond motifs is 3. The first kappa shape index (κ1) is 17.4. The summed E-state index contributed by atoms with van der Waals surface area (Å²) in [5.41, 5.74) is 4.97. The summed E-state index contributed by atoms with van der Waals surface area (Å²) in [7, 11) is 1.71. The van der Waals surface area contributed by atoms with Crippen LogP contribution in [0, 0.1) is 5.92 Å². The van der Waals surface area contributed by atoms with Crippen LogP contribution in [0.1, 0.15) is 29.2 Å². The number of nitrogens with zero attached hydrogens (tertiary/aromatic N) is 2. The van der Waals surface area contributed by atoms with Gasteiger partial charge >= 0.3 is 0 Å². The van der Waals surface area contributed by atoms with E-state index in [0.29, 0.717) is 12.5 Å². The van der Waals surface area contributed by atoms with Gasteiger partial charge in [0.15, 0.2) is 0 Å². The Morgan fingerprint density at radius 2 is 2.04 bits per heavy atom. The van der Waals surface area contributed by atoms with E-state index >= 15 is 0 Å². The lowest BCUT2D eigenvalue weighted by atomic mass is 9.77. The van der Waals surface area contributed by atoms with Gasteiger partial charge in [-0.15, -0.1) is 11.8 Å². The van der Waals surface area contributed by atoms with E-state index in [-0.39, 0.29) is 12.6 Å². The summed E-state index contributed by atoms with van der Waals surface area (Å²) in [6.45, 7) is 0.665. The zero-order valence-corrected chi connectivity index (χ0v) is 16.0. The molecule has 2 atom stereocenters. The van der Waals surface area contributed by atoms with E-state index in [0.717, 1.165) is 24.3 Å². The number of rotatable bonds is 5. The minimum absolute atomic E-state index is 0.109. The molecular weight excluding hydrogens is 344 g/mol. The third kappa shape index (κ3) is 2.99. The summed E-state index contributed by atoms with van der Waals surface area (Å²) in [5.74, 6) is 1.26. The maximum Gasteiger partial charge on any atom is 0.119 e. The summed E-state index contributed by atoms with van der Waals surface area (Å²) in [6, 6.07) is 15.3. The van der Waals surface area contributed by atoms with E-state index in [4.69, 9.17) is 9.84 Å². The molecule has 0 amide bonds. The van der Waals surface area contributed by atoms with E-state index in [9.17, 15) is 5.11 Å². The fraction of sp³-hybridized carbons (Fsp3) is 0.381. The fourth-order valence-electron chi connectivity index (χ4n) is 4.14. The van der Waals surface area contributed by atoms with Gasteiger partial charge in [-0.2, -0.15) is 5.10 Å². The Balaban J connectivity index is 1.71. The van der Waals surface area contributed by atoms with E-state index in [1.54, 1.807) is 18.9 Å². The first-order valence-electron chi connectivity index (χ1n) is 9.02. The van der Waals surface area contributed by atoms with Crippen LogP contribution in [0.2, 0.25) is 0 Å². The fourth-order valence-corrected chi connectivity index (χ4v) is 4.55. The standard InChI is InChI=1S/C21H24N2O2S/c1-25-16-6-10-18-15(13-16)5-9-19-20(18)22-23(11-12-24)21(19)14-3-7-17(26-2)8-4-14/h3-4,6-8,10,13,19,21,24H,5,9,11-12H2,1-2H3. The second-order valence-electron chi connectivity index (χ2n) is 6.76. The zero-order valence-electron chi connectivity index (χ0n) is 15.2. The minimum Gasteiger partial charge on any atom is -0.497 e. The molecule has 26 heavy (non-hydrogen) atoms. The molecule has 2 aliphatic rings. The van der Waals surface area contributed by atoms with Crippen molar-refractivity contribution in [1.82, 2.24) is 5.01 Å². The van der Waals surface area contributed by atoms with Crippen molar-refractivity contribution in [3.05, 3.63) is 59.2 Å². The molecule has 0 aromatic heterocycles. The van der Waals surface area contributed by atoms with Crippen molar-refractivity contribution in [3.8, 4) is 5.75 Å². The summed E-state index contributed by atoms with van der Waals surface area (Å²) >= 11 is 1.75. The number of β-amino-alcohol motifs (C(OH)–C–C–N with tert-alkyl or cyclic N) is 1. The Morgan fingerprint density at radius 1 is 1.23 bits per heavy atom. The number of methoxy groups -OCH3 is 1. The highest BCUT2D eigenvalue weighted by atomic mass is 32.2. The molecule has 0 fully saturated rings. The maximum absolute atomic E-state index is 9.54. The normalized spacial score (nSPS) is 21.2. The van der Waals surface area contributed by atoms with Gasteiger partial charge in [-0.1, -0.05) is 12.1 Å². The van der Waals surface area contributed by atoms with Crippen molar-refractivity contribution in [1.29, 1.82) is 0 Å². The lowest BCUT2D eigenvalue weighted by Crippen LogP contribution is -2.30. The van der Waals surface area contributed by atoms with Crippen LogP contribution in [0.25, 0.3) is 0 Å². The van der Waals surface area contributed by atoms with Gasteiger partial charge in [-0.05, 0) is 60.6 Å². The van der Waals surface area contributed by atoms with Crippen LogP contribution in [0.3, 0.4) is 0 Å². The van der Waals surface area contributed by atoms with Gasteiger partial charge in [0.25, 0.3) is 0 Å². The van der Waals surface area contributed by atoms with Crippen LogP contribution in [-0.2, 0) is 6.42 Å². The van der Waals surface area contributed by atoms with Crippen molar-refractivity contribution >= 4 is 17.5 Å². The number of aliphatic hydroxyl groups is 1. The van der Waals surface area contributed by atoms with Crippen molar-refractivity contribution in [3.63, 3.8) is 0 Å². The highest BCUT2D eigenvalue weighted by molar-refractivity contribution is 7.98. The Bertz CT molecular complexity index is 819. The Morgan fingerprint density at radius 3 is 2.73 bits per heavy atom. The molecule has 0 saturated heterocycles. The quantitative estimate of drug-likeness (QED) is 0.817. The Hall–Kier alpha value is -1.98. The van der Waals surface area contributed by atoms with E-state index in [2.05, 4.69) is 47.7 Å². The molecule has 0 spiro atoms. The van der Waals surface area contributed by atoms with Gasteiger partial charge < -0.3 is 9.84 Å². The SMILES string of the molecule is COc1ccc2c(c1)CCC1C2=NN(CCO)C1c1ccc(SC)cc1. The average Bonchev–Trinajstić information content (AvgIpc) is 3.06. The van der Waals surface area contributed by atoms with Crippen LogP contribution in [-0.4, -0.2) is 42.3 Å². The monoisotopic (exact) mass is 368 g/mol. The predicted octanol–water partition coefficient (Wildman–Crippen LogP) is 3.73. The molecule has 1 aliphatic carbocycles. The van der Waals surface area contributed by atoms with Crippen LogP contribution < -0.4 is 4.74 Å². The van der Waals surface area contributed by atoms with Crippen LogP contribution in [0.15, 0.2) is 52.5 Å². The third-order valence-corrected chi connectivity index (χ3v) is 6.13. The van der Waals surface area contributed by atoms with Crippen LogP contribution in [0.4, 0.5) is 0 Å². The average molecular weight is 369 g/mol. The summed E-state index contributed by atoms with van der Waals surface area (Å²) in [6.07, 6.45) is 4.19. The predicted molar refractivity (Wildman–Crippen MR) is 106 cm³/mol. The van der Waals surface area contributed by atoms with Gasteiger partial charge in [0.05, 0.1) is 32.0 Å². The molecule has 4 nitrogen and oxygen atoms in total.